The molecule has 0 spiro atoms. The molecule has 4 rings (SSSR count). The van der Waals surface area contributed by atoms with Crippen molar-refractivity contribution in [1.29, 1.82) is 0 Å². The molecule has 2 aromatic carbocycles. The van der Waals surface area contributed by atoms with Crippen molar-refractivity contribution in [2.45, 2.75) is 19.4 Å². The summed E-state index contributed by atoms with van der Waals surface area (Å²) in [5.74, 6) is -2.69. The van der Waals surface area contributed by atoms with Gasteiger partial charge in [0.1, 0.15) is 34.1 Å². The molecule has 1 unspecified atom stereocenters. The summed E-state index contributed by atoms with van der Waals surface area (Å²) in [7, 11) is 0. The van der Waals surface area contributed by atoms with E-state index in [1.807, 2.05) is 0 Å². The summed E-state index contributed by atoms with van der Waals surface area (Å²) in [6, 6.07) is 7.53. The number of aromatic nitrogens is 2. The summed E-state index contributed by atoms with van der Waals surface area (Å²) >= 11 is 0.758. The lowest BCUT2D eigenvalue weighted by Crippen LogP contribution is -2.34. The zero-order valence-electron chi connectivity index (χ0n) is 18.8. The number of nitrogens with one attached hydrogen (secondary N) is 1. The lowest BCUT2D eigenvalue weighted by Gasteiger charge is -2.20. The van der Waals surface area contributed by atoms with Gasteiger partial charge in [-0.1, -0.05) is 6.07 Å². The maximum absolute atomic E-state index is 14.8. The summed E-state index contributed by atoms with van der Waals surface area (Å²) in [6.07, 6.45) is -0.588. The van der Waals surface area contributed by atoms with Gasteiger partial charge < -0.3 is 24.7 Å². The number of aliphatic hydroxyl groups is 1. The second-order valence-electron chi connectivity index (χ2n) is 7.68. The van der Waals surface area contributed by atoms with Crippen LogP contribution in [0.5, 0.6) is 11.5 Å². The lowest BCUT2D eigenvalue weighted by molar-refractivity contribution is 0.0704. The number of halogens is 2. The Balaban J connectivity index is 1.74. The van der Waals surface area contributed by atoms with E-state index < -0.39 is 40.6 Å². The Labute approximate surface area is 205 Å². The highest BCUT2D eigenvalue weighted by atomic mass is 32.1. The molecule has 0 radical (unpaired) electrons. The highest BCUT2D eigenvalue weighted by molar-refractivity contribution is 7.13. The van der Waals surface area contributed by atoms with Crippen LogP contribution in [0.25, 0.3) is 16.6 Å². The van der Waals surface area contributed by atoms with Crippen molar-refractivity contribution in [3.05, 3.63) is 84.7 Å². The molecule has 36 heavy (non-hydrogen) atoms. The van der Waals surface area contributed by atoms with E-state index in [1.165, 1.54) is 30.5 Å². The number of carbonyl (C=O) groups is 1. The van der Waals surface area contributed by atoms with Crippen molar-refractivity contribution < 1.29 is 33.3 Å². The smallest absolute Gasteiger partial charge is 0.346 e. The van der Waals surface area contributed by atoms with Gasteiger partial charge in [-0.15, -0.1) is 11.3 Å². The Bertz CT molecular complexity index is 1560. The molecule has 1 atom stereocenters. The van der Waals surface area contributed by atoms with E-state index in [1.54, 1.807) is 6.07 Å². The molecule has 0 aliphatic carbocycles. The largest absolute Gasteiger partial charge is 0.493 e. The van der Waals surface area contributed by atoms with Gasteiger partial charge in [-0.3, -0.25) is 4.79 Å². The average molecular weight is 518 g/mol. The maximum atomic E-state index is 14.8. The molecule has 0 fully saturated rings. The van der Waals surface area contributed by atoms with Crippen molar-refractivity contribution in [3.63, 3.8) is 0 Å². The van der Waals surface area contributed by atoms with Gasteiger partial charge in [0.05, 0.1) is 28.8 Å². The topological polar surface area (TPSA) is 131 Å². The molecule has 12 heteroatoms. The first-order valence-corrected chi connectivity index (χ1v) is 11.6. The third-order valence-electron chi connectivity index (χ3n) is 5.30. The summed E-state index contributed by atoms with van der Waals surface area (Å²) in [5.41, 5.74) is -2.34. The van der Waals surface area contributed by atoms with Crippen molar-refractivity contribution in [2.75, 3.05) is 13.2 Å². The second kappa shape index (κ2) is 10.3. The van der Waals surface area contributed by atoms with Crippen LogP contribution >= 0.6 is 11.3 Å². The number of benzene rings is 2. The van der Waals surface area contributed by atoms with Gasteiger partial charge in [0.15, 0.2) is 0 Å². The van der Waals surface area contributed by atoms with Crippen LogP contribution in [0.4, 0.5) is 8.78 Å². The minimum atomic E-state index is -1.36. The number of ether oxygens (including phenoxy) is 2. The maximum Gasteiger partial charge on any atom is 0.346 e. The molecular formula is C24H20F2N2O7S. The lowest BCUT2D eigenvalue weighted by atomic mass is 10.1. The molecule has 0 bridgehead atoms. The van der Waals surface area contributed by atoms with Gasteiger partial charge in [0, 0.05) is 24.5 Å². The zero-order chi connectivity index (χ0) is 26.0. The monoisotopic (exact) mass is 518 g/mol. The molecule has 188 valence electrons. The number of carboxylic acid groups (broad SMARTS) is 1. The van der Waals surface area contributed by atoms with E-state index in [0.29, 0.717) is 11.0 Å². The third-order valence-corrected chi connectivity index (χ3v) is 6.27. The number of rotatable bonds is 9. The highest BCUT2D eigenvalue weighted by Gasteiger charge is 2.22. The van der Waals surface area contributed by atoms with Crippen molar-refractivity contribution >= 4 is 28.2 Å². The summed E-state index contributed by atoms with van der Waals surface area (Å²) in [4.78, 5) is 39.3. The Morgan fingerprint density at radius 1 is 1.19 bits per heavy atom. The van der Waals surface area contributed by atoms with Crippen LogP contribution in [0.1, 0.15) is 34.7 Å². The van der Waals surface area contributed by atoms with E-state index in [0.717, 1.165) is 23.5 Å². The Kier molecular flexibility index (Phi) is 7.17. The SMILES string of the molecule is CC(Oc1ccc(F)c(-n2c(=O)[nH]c3csc(C(=O)O)c3c2=O)c1)c1c(F)cccc1OCCCO. The number of H-pyrrole nitrogens is 1. The summed E-state index contributed by atoms with van der Waals surface area (Å²) in [6.45, 7) is 1.59. The molecule has 3 N–H and O–H groups in total. The quantitative estimate of drug-likeness (QED) is 0.289. The average Bonchev–Trinajstić information content (AvgIpc) is 3.25. The van der Waals surface area contributed by atoms with Crippen LogP contribution in [0.15, 0.2) is 51.4 Å². The molecule has 0 saturated heterocycles. The molecule has 2 heterocycles. The van der Waals surface area contributed by atoms with Crippen LogP contribution in [-0.4, -0.2) is 38.9 Å². The van der Waals surface area contributed by atoms with Crippen LogP contribution in [0, 0.1) is 11.6 Å². The molecule has 2 aromatic heterocycles. The van der Waals surface area contributed by atoms with Crippen LogP contribution in [0.2, 0.25) is 0 Å². The minimum absolute atomic E-state index is 0.0126. The number of aliphatic hydroxyl groups excluding tert-OH is 1. The van der Waals surface area contributed by atoms with E-state index >= 15 is 0 Å². The first-order chi connectivity index (χ1) is 17.2. The van der Waals surface area contributed by atoms with Crippen LogP contribution in [-0.2, 0) is 0 Å². The number of fused-ring (bicyclic) bond motifs is 1. The molecule has 9 nitrogen and oxygen atoms in total. The molecular weight excluding hydrogens is 498 g/mol. The molecule has 0 aliphatic rings. The van der Waals surface area contributed by atoms with Crippen LogP contribution < -0.4 is 20.7 Å². The number of thiophene rings is 1. The second-order valence-corrected chi connectivity index (χ2v) is 8.56. The van der Waals surface area contributed by atoms with Gasteiger partial charge in [-0.25, -0.2) is 22.9 Å². The Hall–Kier alpha value is -4.03. The Morgan fingerprint density at radius 3 is 2.69 bits per heavy atom. The fourth-order valence-electron chi connectivity index (χ4n) is 3.70. The van der Waals surface area contributed by atoms with Gasteiger partial charge in [0.2, 0.25) is 0 Å². The van der Waals surface area contributed by atoms with E-state index in [4.69, 9.17) is 14.6 Å². The number of aromatic carboxylic acids is 1. The fourth-order valence-corrected chi connectivity index (χ4v) is 4.53. The van der Waals surface area contributed by atoms with E-state index in [-0.39, 0.29) is 46.1 Å². The van der Waals surface area contributed by atoms with Gasteiger partial charge in [-0.05, 0) is 31.2 Å². The van der Waals surface area contributed by atoms with Crippen molar-refractivity contribution in [1.82, 2.24) is 9.55 Å². The predicted molar refractivity (Wildman–Crippen MR) is 128 cm³/mol. The number of hydrogen-bond acceptors (Lipinski definition) is 7. The van der Waals surface area contributed by atoms with Crippen molar-refractivity contribution in [2.24, 2.45) is 0 Å². The molecule has 0 amide bonds. The Morgan fingerprint density at radius 2 is 1.97 bits per heavy atom. The van der Waals surface area contributed by atoms with E-state index in [2.05, 4.69) is 4.98 Å². The number of hydrogen-bond donors (Lipinski definition) is 3. The van der Waals surface area contributed by atoms with Crippen molar-refractivity contribution in [3.8, 4) is 17.2 Å². The predicted octanol–water partition coefficient (Wildman–Crippen LogP) is 3.62. The molecule has 0 saturated carbocycles. The fraction of sp³-hybridized carbons (Fsp3) is 0.208. The number of aromatic amines is 1. The third kappa shape index (κ3) is 4.72. The molecule has 0 aliphatic heterocycles. The van der Waals surface area contributed by atoms with E-state index in [9.17, 15) is 28.3 Å². The number of carboxylic acids is 1. The normalized spacial score (nSPS) is 12.0. The minimum Gasteiger partial charge on any atom is -0.493 e. The highest BCUT2D eigenvalue weighted by Crippen LogP contribution is 2.32. The first kappa shape index (κ1) is 25.1. The summed E-state index contributed by atoms with van der Waals surface area (Å²) in [5, 5.41) is 19.4. The standard InChI is InChI=1S/C24H20F2N2O7S/c1-12(19-15(26)4-2-5-18(19)34-9-3-8-29)35-13-6-7-14(25)17(10-13)28-22(30)20-16(27-24(28)33)11-36-21(20)23(31)32/h2,4-7,10-12,29H,3,8-9H2,1H3,(H,27,33)(H,31,32). The number of nitrogens with zero attached hydrogens (tertiary/aromatic N) is 1. The van der Waals surface area contributed by atoms with Gasteiger partial charge in [-0.2, -0.15) is 0 Å². The van der Waals surface area contributed by atoms with Gasteiger partial charge in [0.25, 0.3) is 5.56 Å². The summed E-state index contributed by atoms with van der Waals surface area (Å²) < 4.78 is 41.3. The molecule has 4 aromatic rings. The first-order valence-electron chi connectivity index (χ1n) is 10.7. The van der Waals surface area contributed by atoms with Gasteiger partial charge >= 0.3 is 11.7 Å². The zero-order valence-corrected chi connectivity index (χ0v) is 19.6. The van der Waals surface area contributed by atoms with Crippen LogP contribution in [0.3, 0.4) is 0 Å².